The van der Waals surface area contributed by atoms with Crippen molar-refractivity contribution in [2.75, 3.05) is 27.2 Å². The largest absolute Gasteiger partial charge is 0.349 e. The average Bonchev–Trinajstić information content (AvgIpc) is 3.27. The Kier molecular flexibility index (Phi) is 7.03. The second-order valence-corrected chi connectivity index (χ2v) is 10.6. The maximum absolute atomic E-state index is 13.0. The Morgan fingerprint density at radius 3 is 2.43 bits per heavy atom. The Labute approximate surface area is 206 Å². The summed E-state index contributed by atoms with van der Waals surface area (Å²) in [5.41, 5.74) is 3.99. The smallest absolute Gasteiger partial charge is 0.238 e. The lowest BCUT2D eigenvalue weighted by molar-refractivity contribution is -0.132. The molecular formula is C27H28N4O3S. The van der Waals surface area contributed by atoms with Crippen molar-refractivity contribution in [2.24, 2.45) is 11.1 Å². The van der Waals surface area contributed by atoms with Gasteiger partial charge in [-0.1, -0.05) is 54.6 Å². The molecule has 0 unspecified atom stereocenters. The summed E-state index contributed by atoms with van der Waals surface area (Å²) < 4.78 is 23.9. The SMILES string of the molecule is CN(C)C(=O)[C@H]1CN(Cc2ccc(-c3ccccc3S(N)(=O)=O)cc2)C[C@@H]1c1cccc(C#N)c1. The van der Waals surface area contributed by atoms with Gasteiger partial charge in [0.2, 0.25) is 15.9 Å². The van der Waals surface area contributed by atoms with Gasteiger partial charge < -0.3 is 4.90 Å². The van der Waals surface area contributed by atoms with Crippen molar-refractivity contribution in [3.63, 3.8) is 0 Å². The molecular weight excluding hydrogens is 460 g/mol. The predicted molar refractivity (Wildman–Crippen MR) is 135 cm³/mol. The fraction of sp³-hybridized carbons (Fsp3) is 0.259. The summed E-state index contributed by atoms with van der Waals surface area (Å²) in [6.07, 6.45) is 0. The van der Waals surface area contributed by atoms with Crippen LogP contribution in [-0.4, -0.2) is 51.3 Å². The molecule has 2 N–H and O–H groups in total. The summed E-state index contributed by atoms with van der Waals surface area (Å²) in [6, 6.07) is 24.1. The molecule has 1 saturated heterocycles. The highest BCUT2D eigenvalue weighted by Gasteiger charge is 2.39. The lowest BCUT2D eigenvalue weighted by Crippen LogP contribution is -2.33. The van der Waals surface area contributed by atoms with E-state index in [1.165, 1.54) is 6.07 Å². The van der Waals surface area contributed by atoms with Gasteiger partial charge in [0, 0.05) is 45.2 Å². The van der Waals surface area contributed by atoms with Crippen molar-refractivity contribution < 1.29 is 13.2 Å². The van der Waals surface area contributed by atoms with Crippen LogP contribution in [0.4, 0.5) is 0 Å². The highest BCUT2D eigenvalue weighted by atomic mass is 32.2. The summed E-state index contributed by atoms with van der Waals surface area (Å²) in [4.78, 5) is 17.0. The Morgan fingerprint density at radius 2 is 1.77 bits per heavy atom. The average molecular weight is 489 g/mol. The molecule has 1 amide bonds. The van der Waals surface area contributed by atoms with E-state index >= 15 is 0 Å². The third-order valence-electron chi connectivity index (χ3n) is 6.46. The number of nitriles is 1. The van der Waals surface area contributed by atoms with Crippen LogP contribution in [0.25, 0.3) is 11.1 Å². The fourth-order valence-electron chi connectivity index (χ4n) is 4.77. The first-order valence-electron chi connectivity index (χ1n) is 11.3. The zero-order valence-electron chi connectivity index (χ0n) is 19.8. The van der Waals surface area contributed by atoms with Crippen molar-refractivity contribution in [1.29, 1.82) is 5.26 Å². The topological polar surface area (TPSA) is 108 Å². The van der Waals surface area contributed by atoms with E-state index in [1.54, 1.807) is 43.3 Å². The van der Waals surface area contributed by atoms with Crippen LogP contribution in [0.3, 0.4) is 0 Å². The molecule has 8 heteroatoms. The number of carbonyl (C=O) groups excluding carboxylic acids is 1. The number of carbonyl (C=O) groups is 1. The van der Waals surface area contributed by atoms with E-state index in [4.69, 9.17) is 5.14 Å². The molecule has 0 spiro atoms. The summed E-state index contributed by atoms with van der Waals surface area (Å²) in [5, 5.41) is 14.7. The molecule has 0 aromatic heterocycles. The third-order valence-corrected chi connectivity index (χ3v) is 7.43. The van der Waals surface area contributed by atoms with Gasteiger partial charge >= 0.3 is 0 Å². The molecule has 1 aliphatic rings. The molecule has 4 rings (SSSR count). The van der Waals surface area contributed by atoms with Crippen molar-refractivity contribution in [3.05, 3.63) is 89.5 Å². The standard InChI is InChI=1S/C27H28N4O3S/c1-30(2)27(32)25-18-31(17-24(25)22-7-5-6-20(14-22)15-28)16-19-10-12-21(13-11-19)23-8-3-4-9-26(23)35(29,33)34/h3-14,24-25H,16-18H2,1-2H3,(H2,29,33,34)/t24-,25+/m1/s1. The summed E-state index contributed by atoms with van der Waals surface area (Å²) in [5.74, 6) is -0.117. The number of amides is 1. The van der Waals surface area contributed by atoms with E-state index in [2.05, 4.69) is 11.0 Å². The highest BCUT2D eigenvalue weighted by Crippen LogP contribution is 2.35. The number of nitrogens with two attached hydrogens (primary N) is 1. The monoisotopic (exact) mass is 488 g/mol. The number of hydrogen-bond acceptors (Lipinski definition) is 5. The number of rotatable bonds is 6. The minimum absolute atomic E-state index is 0.000823. The molecule has 1 aliphatic heterocycles. The predicted octanol–water partition coefficient (Wildman–Crippen LogP) is 3.18. The van der Waals surface area contributed by atoms with E-state index in [0.717, 1.165) is 16.7 Å². The highest BCUT2D eigenvalue weighted by molar-refractivity contribution is 7.89. The second kappa shape index (κ2) is 10.0. The quantitative estimate of drug-likeness (QED) is 0.573. The molecule has 0 bridgehead atoms. The fourth-order valence-corrected chi connectivity index (χ4v) is 5.53. The van der Waals surface area contributed by atoms with Crippen molar-refractivity contribution in [1.82, 2.24) is 9.80 Å². The molecule has 3 aromatic carbocycles. The summed E-state index contributed by atoms with van der Waals surface area (Å²) in [7, 11) is -0.294. The van der Waals surface area contributed by atoms with E-state index < -0.39 is 10.0 Å². The van der Waals surface area contributed by atoms with Gasteiger partial charge in [0.1, 0.15) is 0 Å². The van der Waals surface area contributed by atoms with Crippen LogP contribution in [0.15, 0.2) is 77.7 Å². The third kappa shape index (κ3) is 5.43. The molecule has 35 heavy (non-hydrogen) atoms. The van der Waals surface area contributed by atoms with Crippen molar-refractivity contribution in [3.8, 4) is 17.2 Å². The van der Waals surface area contributed by atoms with Gasteiger partial charge in [0.15, 0.2) is 0 Å². The summed E-state index contributed by atoms with van der Waals surface area (Å²) >= 11 is 0. The molecule has 0 saturated carbocycles. The van der Waals surface area contributed by atoms with E-state index in [0.29, 0.717) is 30.8 Å². The van der Waals surface area contributed by atoms with Crippen molar-refractivity contribution >= 4 is 15.9 Å². The Hall–Kier alpha value is -3.51. The molecule has 7 nitrogen and oxygen atoms in total. The number of hydrogen-bond donors (Lipinski definition) is 1. The second-order valence-electron chi connectivity index (χ2n) is 9.12. The van der Waals surface area contributed by atoms with E-state index in [1.807, 2.05) is 42.5 Å². The van der Waals surface area contributed by atoms with Gasteiger partial charge in [-0.25, -0.2) is 13.6 Å². The van der Waals surface area contributed by atoms with Crippen LogP contribution in [0.5, 0.6) is 0 Å². The van der Waals surface area contributed by atoms with Gasteiger partial charge in [-0.05, 0) is 34.9 Å². The lowest BCUT2D eigenvalue weighted by atomic mass is 9.87. The van der Waals surface area contributed by atoms with Crippen LogP contribution in [0.2, 0.25) is 0 Å². The zero-order chi connectivity index (χ0) is 25.2. The van der Waals surface area contributed by atoms with Gasteiger partial charge in [0.25, 0.3) is 0 Å². The maximum atomic E-state index is 13.0. The molecule has 0 aliphatic carbocycles. The van der Waals surface area contributed by atoms with E-state index in [9.17, 15) is 18.5 Å². The zero-order valence-corrected chi connectivity index (χ0v) is 20.6. The number of nitrogens with zero attached hydrogens (tertiary/aromatic N) is 3. The first-order chi connectivity index (χ1) is 16.7. The van der Waals surface area contributed by atoms with Gasteiger partial charge in [-0.15, -0.1) is 0 Å². The Bertz CT molecular complexity index is 1380. The molecule has 2 atom stereocenters. The van der Waals surface area contributed by atoms with Gasteiger partial charge in [-0.3, -0.25) is 9.69 Å². The minimum atomic E-state index is -3.83. The number of sulfonamides is 1. The molecule has 180 valence electrons. The first kappa shape index (κ1) is 24.6. The summed E-state index contributed by atoms with van der Waals surface area (Å²) in [6.45, 7) is 1.98. The van der Waals surface area contributed by atoms with Crippen LogP contribution in [0, 0.1) is 17.2 Å². The van der Waals surface area contributed by atoms with Crippen molar-refractivity contribution in [2.45, 2.75) is 17.4 Å². The Morgan fingerprint density at radius 1 is 1.06 bits per heavy atom. The molecule has 0 radical (unpaired) electrons. The Balaban J connectivity index is 1.56. The normalized spacial score (nSPS) is 18.2. The van der Waals surface area contributed by atoms with E-state index in [-0.39, 0.29) is 22.6 Å². The molecule has 1 fully saturated rings. The van der Waals surface area contributed by atoms with Crippen LogP contribution in [0.1, 0.15) is 22.6 Å². The lowest BCUT2D eigenvalue weighted by Gasteiger charge is -2.21. The number of likely N-dealkylation sites (tertiary alicyclic amines) is 1. The molecule has 3 aromatic rings. The number of primary sulfonamides is 1. The van der Waals surface area contributed by atoms with Crippen LogP contribution < -0.4 is 5.14 Å². The first-order valence-corrected chi connectivity index (χ1v) is 12.9. The van der Waals surface area contributed by atoms with Crippen LogP contribution in [-0.2, 0) is 21.4 Å². The van der Waals surface area contributed by atoms with Crippen LogP contribution >= 0.6 is 0 Å². The minimum Gasteiger partial charge on any atom is -0.349 e. The molecule has 1 heterocycles. The van der Waals surface area contributed by atoms with Gasteiger partial charge in [-0.2, -0.15) is 5.26 Å². The van der Waals surface area contributed by atoms with Gasteiger partial charge in [0.05, 0.1) is 22.4 Å². The number of benzene rings is 3. The maximum Gasteiger partial charge on any atom is 0.238 e.